The molecule has 2 aromatic heterocycles. The van der Waals surface area contributed by atoms with Crippen molar-refractivity contribution < 1.29 is 18.1 Å². The lowest BCUT2D eigenvalue weighted by molar-refractivity contribution is 0.0191. The third-order valence-corrected chi connectivity index (χ3v) is 9.45. The summed E-state index contributed by atoms with van der Waals surface area (Å²) in [5.41, 5.74) is -1.07. The largest absolute Gasteiger partial charge is 0.394 e. The van der Waals surface area contributed by atoms with E-state index in [0.29, 0.717) is 31.0 Å². The van der Waals surface area contributed by atoms with Crippen LogP contribution in [-0.4, -0.2) is 60.2 Å². The minimum atomic E-state index is -3.28. The predicted molar refractivity (Wildman–Crippen MR) is 123 cm³/mol. The van der Waals surface area contributed by atoms with Crippen molar-refractivity contribution >= 4 is 34.2 Å². The molecule has 1 saturated heterocycles. The molecule has 4 aliphatic rings. The molecule has 2 unspecified atom stereocenters. The first-order chi connectivity index (χ1) is 16.3. The van der Waals surface area contributed by atoms with Crippen LogP contribution in [0.25, 0.3) is 0 Å². The molecule has 0 radical (unpaired) electrons. The highest BCUT2D eigenvalue weighted by Crippen LogP contribution is 2.49. The second kappa shape index (κ2) is 8.03. The second-order valence-corrected chi connectivity index (χ2v) is 11.8. The van der Waals surface area contributed by atoms with Crippen molar-refractivity contribution in [2.24, 2.45) is 11.8 Å². The van der Waals surface area contributed by atoms with Gasteiger partial charge in [-0.25, -0.2) is 15.0 Å². The van der Waals surface area contributed by atoms with Crippen LogP contribution in [0.1, 0.15) is 49.5 Å². The Morgan fingerprint density at radius 2 is 1.85 bits per heavy atom. The van der Waals surface area contributed by atoms with E-state index in [-0.39, 0.29) is 41.0 Å². The molecule has 6 rings (SSSR count). The van der Waals surface area contributed by atoms with Crippen molar-refractivity contribution in [2.45, 2.75) is 54.4 Å². The van der Waals surface area contributed by atoms with Crippen molar-refractivity contribution in [1.82, 2.24) is 19.9 Å². The molecule has 0 spiro atoms. The third kappa shape index (κ3) is 3.58. The maximum Gasteiger partial charge on any atom is 0.302 e. The van der Waals surface area contributed by atoms with Gasteiger partial charge in [-0.1, -0.05) is 11.6 Å². The first-order valence-electron chi connectivity index (χ1n) is 11.6. The Labute approximate surface area is 203 Å². The number of hydrogen-bond acceptors (Lipinski definition) is 8. The summed E-state index contributed by atoms with van der Waals surface area (Å²) in [6.45, 7) is 1.07. The Bertz CT molecular complexity index is 1130. The van der Waals surface area contributed by atoms with Crippen LogP contribution in [0.15, 0.2) is 17.3 Å². The lowest BCUT2D eigenvalue weighted by Gasteiger charge is -2.42. The molecule has 2 aliphatic carbocycles. The fraction of sp³-hybridized carbons (Fsp3) is 0.636. The molecule has 182 valence electrons. The summed E-state index contributed by atoms with van der Waals surface area (Å²) in [4.78, 5) is 19.7. The van der Waals surface area contributed by atoms with Crippen LogP contribution < -0.4 is 10.2 Å². The van der Waals surface area contributed by atoms with Gasteiger partial charge in [-0.05, 0) is 43.9 Å². The van der Waals surface area contributed by atoms with Crippen molar-refractivity contribution in [1.29, 1.82) is 0 Å². The number of anilines is 2. The average molecular weight is 511 g/mol. The number of aromatic nitrogens is 4. The second-order valence-electron chi connectivity index (χ2n) is 9.95. The van der Waals surface area contributed by atoms with E-state index in [1.165, 1.54) is 0 Å². The number of aliphatic hydroxyl groups excluding tert-OH is 1. The van der Waals surface area contributed by atoms with E-state index in [1.807, 2.05) is 4.90 Å². The molecule has 0 amide bonds. The smallest absolute Gasteiger partial charge is 0.302 e. The predicted octanol–water partition coefficient (Wildman–Crippen LogP) is 3.09. The van der Waals surface area contributed by atoms with Gasteiger partial charge in [0.05, 0.1) is 33.7 Å². The summed E-state index contributed by atoms with van der Waals surface area (Å²) in [6.07, 6.45) is 7.53. The number of hydrogen-bond donors (Lipinski definition) is 2. The van der Waals surface area contributed by atoms with E-state index in [0.717, 1.165) is 25.1 Å². The first-order valence-corrected chi connectivity index (χ1v) is 13.3. The van der Waals surface area contributed by atoms with Crippen LogP contribution in [0, 0.1) is 11.8 Å². The Morgan fingerprint density at radius 3 is 2.44 bits per heavy atom. The normalized spacial score (nSPS) is 30.6. The van der Waals surface area contributed by atoms with Crippen LogP contribution in [0.4, 0.5) is 20.5 Å². The number of aliphatic hydroxyl groups is 1. The minimum absolute atomic E-state index is 0.0269. The van der Waals surface area contributed by atoms with E-state index in [4.69, 9.17) is 11.6 Å². The zero-order valence-electron chi connectivity index (χ0n) is 18.4. The quantitative estimate of drug-likeness (QED) is 0.632. The van der Waals surface area contributed by atoms with Gasteiger partial charge < -0.3 is 15.3 Å². The van der Waals surface area contributed by atoms with Gasteiger partial charge in [0.2, 0.25) is 5.95 Å². The number of fused-ring (bicyclic) bond motifs is 3. The number of piperidine rings is 1. The third-order valence-electron chi connectivity index (χ3n) is 7.79. The zero-order valence-corrected chi connectivity index (χ0v) is 20.0. The minimum Gasteiger partial charge on any atom is -0.394 e. The van der Waals surface area contributed by atoms with Crippen molar-refractivity contribution in [2.75, 3.05) is 35.7 Å². The summed E-state index contributed by atoms with van der Waals surface area (Å²) in [6, 6.07) is 0. The van der Waals surface area contributed by atoms with Gasteiger partial charge >= 0.3 is 5.92 Å². The Kier molecular flexibility index (Phi) is 5.31. The monoisotopic (exact) mass is 510 g/mol. The molecule has 2 aliphatic heterocycles. The zero-order chi connectivity index (χ0) is 23.7. The van der Waals surface area contributed by atoms with Gasteiger partial charge in [0.1, 0.15) is 22.2 Å². The SMILES string of the molecule is O=[S@@]1CC(F)(F)c2nc(N3CC4CCC(C3)C4c3ncc(Cl)cn3)nc(NC3(CO)CCC3)c21. The van der Waals surface area contributed by atoms with E-state index in [1.54, 1.807) is 12.4 Å². The summed E-state index contributed by atoms with van der Waals surface area (Å²) in [5, 5.41) is 13.6. The van der Waals surface area contributed by atoms with Crippen molar-refractivity contribution in [3.63, 3.8) is 0 Å². The van der Waals surface area contributed by atoms with Gasteiger partial charge in [0.25, 0.3) is 0 Å². The number of nitrogens with zero attached hydrogens (tertiary/aromatic N) is 5. The highest BCUT2D eigenvalue weighted by molar-refractivity contribution is 7.85. The number of halogens is 3. The molecule has 8 nitrogen and oxygen atoms in total. The summed E-state index contributed by atoms with van der Waals surface area (Å²) < 4.78 is 42.2. The lowest BCUT2D eigenvalue weighted by Crippen LogP contribution is -2.49. The van der Waals surface area contributed by atoms with Crippen LogP contribution in [0.2, 0.25) is 5.02 Å². The molecule has 4 heterocycles. The van der Waals surface area contributed by atoms with Gasteiger partial charge in [-0.3, -0.25) is 4.21 Å². The maximum absolute atomic E-state index is 14.8. The van der Waals surface area contributed by atoms with E-state index in [9.17, 15) is 18.1 Å². The van der Waals surface area contributed by atoms with E-state index >= 15 is 0 Å². The number of nitrogens with one attached hydrogen (secondary N) is 1. The molecule has 2 aromatic rings. The first kappa shape index (κ1) is 22.5. The van der Waals surface area contributed by atoms with Crippen LogP contribution in [0.3, 0.4) is 0 Å². The average Bonchev–Trinajstić information content (AvgIpc) is 3.18. The molecule has 3 atom stereocenters. The van der Waals surface area contributed by atoms with Crippen LogP contribution in [-0.2, 0) is 16.7 Å². The highest BCUT2D eigenvalue weighted by atomic mass is 35.5. The summed E-state index contributed by atoms with van der Waals surface area (Å²) in [7, 11) is -1.91. The van der Waals surface area contributed by atoms with Crippen molar-refractivity contribution in [3.05, 3.63) is 28.9 Å². The Hall–Kier alpha value is -1.98. The molecule has 2 N–H and O–H groups in total. The van der Waals surface area contributed by atoms with Crippen molar-refractivity contribution in [3.8, 4) is 0 Å². The molecular weight excluding hydrogens is 486 g/mol. The van der Waals surface area contributed by atoms with Crippen LogP contribution >= 0.6 is 11.6 Å². The maximum atomic E-state index is 14.8. The van der Waals surface area contributed by atoms with E-state index < -0.39 is 33.7 Å². The van der Waals surface area contributed by atoms with Gasteiger partial charge in [-0.15, -0.1) is 0 Å². The molecule has 12 heteroatoms. The standard InChI is InChI=1S/C22H25ClF2N6O2S/c23-14-6-26-18(27-7-14)15-12-2-3-13(15)9-31(8-12)20-28-17-16(34(33)11-22(17,24)25)19(29-20)30-21(10-32)4-1-5-21/h6-7,12-13,15,32H,1-5,8-11H2,(H,28,29,30)/t12?,13?,15?,34-/m1/s1. The van der Waals surface area contributed by atoms with Gasteiger partial charge in [0.15, 0.2) is 0 Å². The van der Waals surface area contributed by atoms with Gasteiger partial charge in [-0.2, -0.15) is 13.8 Å². The van der Waals surface area contributed by atoms with Gasteiger partial charge in [0, 0.05) is 31.4 Å². The Morgan fingerprint density at radius 1 is 1.18 bits per heavy atom. The number of alkyl halides is 2. The topological polar surface area (TPSA) is 104 Å². The molecule has 34 heavy (non-hydrogen) atoms. The fourth-order valence-corrected chi connectivity index (χ4v) is 7.34. The Balaban J connectivity index is 1.34. The van der Waals surface area contributed by atoms with E-state index in [2.05, 4.69) is 25.3 Å². The molecule has 0 aromatic carbocycles. The lowest BCUT2D eigenvalue weighted by atomic mass is 9.77. The highest BCUT2D eigenvalue weighted by Gasteiger charge is 2.50. The number of rotatable bonds is 5. The molecule has 2 bridgehead atoms. The summed E-state index contributed by atoms with van der Waals surface area (Å²) >= 11 is 5.95. The van der Waals surface area contributed by atoms with Crippen LogP contribution in [0.5, 0.6) is 0 Å². The fourth-order valence-electron chi connectivity index (χ4n) is 5.91. The molecule has 2 saturated carbocycles. The molecular formula is C22H25ClF2N6O2S. The molecule has 3 fully saturated rings. The summed E-state index contributed by atoms with van der Waals surface area (Å²) in [5.74, 6) is -2.24.